The molecule has 1 amide bonds. The molecule has 1 saturated heterocycles. The Hall–Kier alpha value is -0.610. The summed E-state index contributed by atoms with van der Waals surface area (Å²) in [5.74, 6) is 0.0609. The zero-order valence-corrected chi connectivity index (χ0v) is 10.6. The van der Waals surface area contributed by atoms with Crippen molar-refractivity contribution < 1.29 is 9.53 Å². The average Bonchev–Trinajstić information content (AvgIpc) is 2.26. The summed E-state index contributed by atoms with van der Waals surface area (Å²) < 4.78 is 5.59. The van der Waals surface area contributed by atoms with Gasteiger partial charge in [-0.15, -0.1) is 0 Å². The molecule has 1 aliphatic heterocycles. The van der Waals surface area contributed by atoms with Crippen LogP contribution in [0, 0.1) is 0 Å². The minimum atomic E-state index is -0.145. The lowest BCUT2D eigenvalue weighted by Gasteiger charge is -2.24. The van der Waals surface area contributed by atoms with E-state index in [1.807, 2.05) is 20.8 Å². The van der Waals surface area contributed by atoms with Gasteiger partial charge < -0.3 is 15.4 Å². The molecule has 0 aromatic carbocycles. The fourth-order valence-corrected chi connectivity index (χ4v) is 1.78. The normalized spacial score (nSPS) is 23.1. The van der Waals surface area contributed by atoms with Crippen molar-refractivity contribution >= 4 is 5.91 Å². The third kappa shape index (κ3) is 4.94. The monoisotopic (exact) mass is 228 g/mol. The van der Waals surface area contributed by atoms with Gasteiger partial charge >= 0.3 is 0 Å². The van der Waals surface area contributed by atoms with Crippen LogP contribution < -0.4 is 10.6 Å². The maximum atomic E-state index is 11.6. The first kappa shape index (κ1) is 13.5. The Kier molecular flexibility index (Phi) is 5.77. The Labute approximate surface area is 98.1 Å². The van der Waals surface area contributed by atoms with Gasteiger partial charge in [0.25, 0.3) is 0 Å². The first-order valence-corrected chi connectivity index (χ1v) is 6.25. The van der Waals surface area contributed by atoms with E-state index in [2.05, 4.69) is 10.6 Å². The van der Waals surface area contributed by atoms with Crippen LogP contribution in [-0.2, 0) is 9.53 Å². The predicted octanol–water partition coefficient (Wildman–Crippen LogP) is 1.06. The van der Waals surface area contributed by atoms with Crippen molar-refractivity contribution in [2.24, 2.45) is 0 Å². The third-order valence-corrected chi connectivity index (χ3v) is 2.75. The SMILES string of the molecule is CC(C)NC(=O)C(C)NCC1CCCCO1. The smallest absolute Gasteiger partial charge is 0.237 e. The summed E-state index contributed by atoms with van der Waals surface area (Å²) in [6.45, 7) is 7.45. The van der Waals surface area contributed by atoms with Gasteiger partial charge in [-0.1, -0.05) is 0 Å². The number of ether oxygens (including phenoxy) is 1. The molecule has 0 aromatic rings. The van der Waals surface area contributed by atoms with Gasteiger partial charge in [-0.2, -0.15) is 0 Å². The molecule has 2 N–H and O–H groups in total. The predicted molar refractivity (Wildman–Crippen MR) is 64.3 cm³/mol. The minimum absolute atomic E-state index is 0.0609. The number of hydrogen-bond acceptors (Lipinski definition) is 3. The molecule has 16 heavy (non-hydrogen) atoms. The highest BCUT2D eigenvalue weighted by Crippen LogP contribution is 2.11. The molecule has 1 heterocycles. The lowest BCUT2D eigenvalue weighted by molar-refractivity contribution is -0.123. The van der Waals surface area contributed by atoms with Crippen LogP contribution in [0.3, 0.4) is 0 Å². The summed E-state index contributed by atoms with van der Waals surface area (Å²) in [6.07, 6.45) is 3.78. The second-order valence-electron chi connectivity index (χ2n) is 4.78. The first-order chi connectivity index (χ1) is 7.59. The van der Waals surface area contributed by atoms with E-state index < -0.39 is 0 Å². The highest BCUT2D eigenvalue weighted by molar-refractivity contribution is 5.81. The van der Waals surface area contributed by atoms with Crippen LogP contribution in [0.1, 0.15) is 40.0 Å². The van der Waals surface area contributed by atoms with Crippen LogP contribution in [0.15, 0.2) is 0 Å². The van der Waals surface area contributed by atoms with Crippen molar-refractivity contribution in [2.45, 2.75) is 58.2 Å². The Balaban J connectivity index is 2.17. The molecule has 0 spiro atoms. The summed E-state index contributed by atoms with van der Waals surface area (Å²) >= 11 is 0. The first-order valence-electron chi connectivity index (χ1n) is 6.25. The van der Waals surface area contributed by atoms with Gasteiger partial charge in [-0.05, 0) is 40.0 Å². The second-order valence-corrected chi connectivity index (χ2v) is 4.78. The largest absolute Gasteiger partial charge is 0.377 e. The zero-order chi connectivity index (χ0) is 12.0. The van der Waals surface area contributed by atoms with Crippen LogP contribution >= 0.6 is 0 Å². The van der Waals surface area contributed by atoms with Crippen molar-refractivity contribution in [3.8, 4) is 0 Å². The van der Waals surface area contributed by atoms with Gasteiger partial charge in [0.1, 0.15) is 0 Å². The zero-order valence-electron chi connectivity index (χ0n) is 10.6. The molecule has 1 fully saturated rings. The number of carbonyl (C=O) groups is 1. The van der Waals surface area contributed by atoms with E-state index in [9.17, 15) is 4.79 Å². The van der Waals surface area contributed by atoms with Crippen molar-refractivity contribution in [2.75, 3.05) is 13.2 Å². The van der Waals surface area contributed by atoms with Crippen LogP contribution in [0.25, 0.3) is 0 Å². The van der Waals surface area contributed by atoms with E-state index in [0.29, 0.717) is 0 Å². The Morgan fingerprint density at radius 2 is 2.12 bits per heavy atom. The number of amides is 1. The molecule has 0 radical (unpaired) electrons. The molecule has 4 heteroatoms. The van der Waals surface area contributed by atoms with Gasteiger partial charge in [0.15, 0.2) is 0 Å². The molecule has 1 aliphatic rings. The average molecular weight is 228 g/mol. The summed E-state index contributed by atoms with van der Waals surface area (Å²) in [5, 5.41) is 6.11. The van der Waals surface area contributed by atoms with Crippen LogP contribution in [-0.4, -0.2) is 37.2 Å². The maximum Gasteiger partial charge on any atom is 0.237 e. The quantitative estimate of drug-likeness (QED) is 0.739. The highest BCUT2D eigenvalue weighted by atomic mass is 16.5. The Bertz CT molecular complexity index is 213. The van der Waals surface area contributed by atoms with E-state index >= 15 is 0 Å². The lowest BCUT2D eigenvalue weighted by atomic mass is 10.1. The van der Waals surface area contributed by atoms with Gasteiger partial charge in [0.05, 0.1) is 12.1 Å². The standard InChI is InChI=1S/C12H24N2O2/c1-9(2)14-12(15)10(3)13-8-11-6-4-5-7-16-11/h9-11,13H,4-8H2,1-3H3,(H,14,15). The molecule has 0 bridgehead atoms. The van der Waals surface area contributed by atoms with Gasteiger partial charge in [-0.3, -0.25) is 4.79 Å². The molecule has 0 saturated carbocycles. The molecule has 2 atom stereocenters. The summed E-state index contributed by atoms with van der Waals surface area (Å²) in [5.41, 5.74) is 0. The molecule has 4 nitrogen and oxygen atoms in total. The summed E-state index contributed by atoms with van der Waals surface area (Å²) in [4.78, 5) is 11.6. The van der Waals surface area contributed by atoms with Crippen molar-refractivity contribution in [3.63, 3.8) is 0 Å². The fraction of sp³-hybridized carbons (Fsp3) is 0.917. The van der Waals surface area contributed by atoms with E-state index in [4.69, 9.17) is 4.74 Å². The molecule has 94 valence electrons. The number of rotatable bonds is 5. The second kappa shape index (κ2) is 6.86. The third-order valence-electron chi connectivity index (χ3n) is 2.75. The molecule has 0 aromatic heterocycles. The number of carbonyl (C=O) groups excluding carboxylic acids is 1. The van der Waals surface area contributed by atoms with E-state index in [-0.39, 0.29) is 24.1 Å². The van der Waals surface area contributed by atoms with Crippen LogP contribution in [0.2, 0.25) is 0 Å². The molecular weight excluding hydrogens is 204 g/mol. The van der Waals surface area contributed by atoms with Gasteiger partial charge in [-0.25, -0.2) is 0 Å². The van der Waals surface area contributed by atoms with Crippen LogP contribution in [0.5, 0.6) is 0 Å². The molecule has 1 rings (SSSR count). The van der Waals surface area contributed by atoms with E-state index in [1.54, 1.807) is 0 Å². The Morgan fingerprint density at radius 3 is 2.69 bits per heavy atom. The Morgan fingerprint density at radius 1 is 1.38 bits per heavy atom. The maximum absolute atomic E-state index is 11.6. The molecule has 0 aliphatic carbocycles. The number of hydrogen-bond donors (Lipinski definition) is 2. The van der Waals surface area contributed by atoms with Crippen molar-refractivity contribution in [3.05, 3.63) is 0 Å². The van der Waals surface area contributed by atoms with Gasteiger partial charge in [0.2, 0.25) is 5.91 Å². The lowest BCUT2D eigenvalue weighted by Crippen LogP contribution is -2.47. The van der Waals surface area contributed by atoms with E-state index in [0.717, 1.165) is 19.6 Å². The summed E-state index contributed by atoms with van der Waals surface area (Å²) in [7, 11) is 0. The van der Waals surface area contributed by atoms with E-state index in [1.165, 1.54) is 12.8 Å². The van der Waals surface area contributed by atoms with Crippen LogP contribution in [0.4, 0.5) is 0 Å². The van der Waals surface area contributed by atoms with Gasteiger partial charge in [0, 0.05) is 19.2 Å². The number of nitrogens with one attached hydrogen (secondary N) is 2. The summed E-state index contributed by atoms with van der Waals surface area (Å²) in [6, 6.07) is 0.0515. The highest BCUT2D eigenvalue weighted by Gasteiger charge is 2.17. The fourth-order valence-electron chi connectivity index (χ4n) is 1.78. The van der Waals surface area contributed by atoms with Crippen molar-refractivity contribution in [1.82, 2.24) is 10.6 Å². The molecular formula is C12H24N2O2. The molecule has 2 unspecified atom stereocenters. The van der Waals surface area contributed by atoms with Crippen molar-refractivity contribution in [1.29, 1.82) is 0 Å². The minimum Gasteiger partial charge on any atom is -0.377 e. The topological polar surface area (TPSA) is 50.4 Å².